The molecular weight excluding hydrogens is 100 g/mol. The van der Waals surface area contributed by atoms with Gasteiger partial charge in [0.05, 0.1) is 5.76 Å². The first kappa shape index (κ1) is 5.42. The summed E-state index contributed by atoms with van der Waals surface area (Å²) < 4.78 is 0. The van der Waals surface area contributed by atoms with Gasteiger partial charge in [0.15, 0.2) is 0 Å². The summed E-state index contributed by atoms with van der Waals surface area (Å²) in [5.74, 6) is 0.537. The summed E-state index contributed by atoms with van der Waals surface area (Å²) in [4.78, 5) is 0. The molecule has 1 rings (SSSR count). The quantitative estimate of drug-likeness (QED) is 0.474. The largest absolute Gasteiger partial charge is 0.513 e. The van der Waals surface area contributed by atoms with E-state index in [-0.39, 0.29) is 0 Å². The fourth-order valence-electron chi connectivity index (χ4n) is 0.751. The minimum Gasteiger partial charge on any atom is -0.513 e. The second-order valence-corrected chi connectivity index (χ2v) is 1.94. The summed E-state index contributed by atoms with van der Waals surface area (Å²) in [5, 5.41) is 8.91. The van der Waals surface area contributed by atoms with Crippen molar-refractivity contribution in [3.8, 4) is 0 Å². The van der Waals surface area contributed by atoms with Gasteiger partial charge in [0.2, 0.25) is 0 Å². The van der Waals surface area contributed by atoms with Crippen LogP contribution in [0.5, 0.6) is 0 Å². The zero-order chi connectivity index (χ0) is 5.82. The van der Waals surface area contributed by atoms with Crippen molar-refractivity contribution in [2.45, 2.75) is 19.3 Å². The number of hydrogen-bond acceptors (Lipinski definition) is 1. The molecule has 0 unspecified atom stereocenters. The first-order chi connectivity index (χ1) is 3.89. The van der Waals surface area contributed by atoms with E-state index in [1.807, 2.05) is 6.08 Å². The standard InChI is InChI=1S/C7H10O/c8-7-5-3-1-2-4-6-7/h1-2,5,8H,3-4,6H2. The molecule has 0 aromatic rings. The third-order valence-electron chi connectivity index (χ3n) is 1.22. The van der Waals surface area contributed by atoms with Gasteiger partial charge in [-0.15, -0.1) is 0 Å². The highest BCUT2D eigenvalue weighted by Crippen LogP contribution is 2.07. The summed E-state index contributed by atoms with van der Waals surface area (Å²) in [7, 11) is 0. The lowest BCUT2D eigenvalue weighted by Gasteiger charge is -1.89. The Labute approximate surface area is 49.3 Å². The van der Waals surface area contributed by atoms with E-state index in [0.29, 0.717) is 5.76 Å². The minimum absolute atomic E-state index is 0.537. The van der Waals surface area contributed by atoms with Crippen LogP contribution in [0.3, 0.4) is 0 Å². The molecule has 1 nitrogen and oxygen atoms in total. The lowest BCUT2D eigenvalue weighted by Crippen LogP contribution is -1.75. The minimum atomic E-state index is 0.537. The molecule has 0 radical (unpaired) electrons. The smallest absolute Gasteiger partial charge is 0.0889 e. The molecule has 0 fully saturated rings. The zero-order valence-electron chi connectivity index (χ0n) is 4.80. The van der Waals surface area contributed by atoms with Gasteiger partial charge in [-0.2, -0.15) is 0 Å². The Hall–Kier alpha value is -0.720. The first-order valence-corrected chi connectivity index (χ1v) is 2.92. The molecule has 0 bridgehead atoms. The SMILES string of the molecule is OC1=CCC=CCC1. The van der Waals surface area contributed by atoms with Crippen LogP contribution in [-0.2, 0) is 0 Å². The summed E-state index contributed by atoms with van der Waals surface area (Å²) in [6.07, 6.45) is 8.72. The van der Waals surface area contributed by atoms with Gasteiger partial charge in [0.1, 0.15) is 0 Å². The van der Waals surface area contributed by atoms with Gasteiger partial charge in [-0.1, -0.05) is 12.2 Å². The maximum atomic E-state index is 8.91. The van der Waals surface area contributed by atoms with Crippen molar-refractivity contribution < 1.29 is 5.11 Å². The average molecular weight is 110 g/mol. The monoisotopic (exact) mass is 110 g/mol. The third kappa shape index (κ3) is 1.41. The van der Waals surface area contributed by atoms with Crippen molar-refractivity contribution in [2.75, 3.05) is 0 Å². The van der Waals surface area contributed by atoms with Crippen molar-refractivity contribution in [1.82, 2.24) is 0 Å². The molecule has 1 aliphatic rings. The van der Waals surface area contributed by atoms with Crippen LogP contribution >= 0.6 is 0 Å². The number of aliphatic hydroxyl groups excluding tert-OH is 1. The summed E-state index contributed by atoms with van der Waals surface area (Å²) in [5.41, 5.74) is 0. The van der Waals surface area contributed by atoms with E-state index in [1.165, 1.54) is 0 Å². The summed E-state index contributed by atoms with van der Waals surface area (Å²) in [6.45, 7) is 0. The van der Waals surface area contributed by atoms with Gasteiger partial charge in [-0.05, 0) is 18.9 Å². The molecule has 1 N–H and O–H groups in total. The molecule has 0 aromatic heterocycles. The van der Waals surface area contributed by atoms with Crippen LogP contribution in [0.25, 0.3) is 0 Å². The predicted octanol–water partition coefficient (Wildman–Crippen LogP) is 2.17. The molecule has 8 heavy (non-hydrogen) atoms. The Balaban J connectivity index is 2.48. The Morgan fingerprint density at radius 3 is 3.12 bits per heavy atom. The number of rotatable bonds is 0. The molecule has 1 heteroatoms. The summed E-state index contributed by atoms with van der Waals surface area (Å²) in [6, 6.07) is 0. The molecule has 0 saturated carbocycles. The molecule has 0 heterocycles. The van der Waals surface area contributed by atoms with Crippen LogP contribution in [0.15, 0.2) is 24.0 Å². The molecule has 0 amide bonds. The highest BCUT2D eigenvalue weighted by atomic mass is 16.3. The second kappa shape index (κ2) is 2.55. The van der Waals surface area contributed by atoms with Crippen LogP contribution < -0.4 is 0 Å². The molecule has 44 valence electrons. The molecule has 1 aliphatic carbocycles. The van der Waals surface area contributed by atoms with E-state index in [2.05, 4.69) is 12.2 Å². The maximum absolute atomic E-state index is 8.91. The second-order valence-electron chi connectivity index (χ2n) is 1.94. The lowest BCUT2D eigenvalue weighted by atomic mass is 10.3. The van der Waals surface area contributed by atoms with Gasteiger partial charge in [0.25, 0.3) is 0 Å². The van der Waals surface area contributed by atoms with Crippen molar-refractivity contribution in [1.29, 1.82) is 0 Å². The molecule has 0 aromatic carbocycles. The Kier molecular flexibility index (Phi) is 1.73. The molecule has 0 saturated heterocycles. The van der Waals surface area contributed by atoms with Crippen molar-refractivity contribution in [3.05, 3.63) is 24.0 Å². The van der Waals surface area contributed by atoms with Gasteiger partial charge in [-0.3, -0.25) is 0 Å². The van der Waals surface area contributed by atoms with Crippen molar-refractivity contribution >= 4 is 0 Å². The van der Waals surface area contributed by atoms with Crippen LogP contribution in [0, 0.1) is 0 Å². The van der Waals surface area contributed by atoms with E-state index < -0.39 is 0 Å². The van der Waals surface area contributed by atoms with Crippen LogP contribution in [-0.4, -0.2) is 5.11 Å². The normalized spacial score (nSPS) is 19.8. The van der Waals surface area contributed by atoms with Crippen molar-refractivity contribution in [3.63, 3.8) is 0 Å². The first-order valence-electron chi connectivity index (χ1n) is 2.92. The van der Waals surface area contributed by atoms with Gasteiger partial charge < -0.3 is 5.11 Å². The van der Waals surface area contributed by atoms with E-state index in [9.17, 15) is 0 Å². The van der Waals surface area contributed by atoms with Crippen LogP contribution in [0.1, 0.15) is 19.3 Å². The lowest BCUT2D eigenvalue weighted by molar-refractivity contribution is 0.388. The molecular formula is C7H10O. The Morgan fingerprint density at radius 2 is 2.25 bits per heavy atom. The number of hydrogen-bond donors (Lipinski definition) is 1. The number of allylic oxidation sites excluding steroid dienone is 4. The molecule has 0 aliphatic heterocycles. The predicted molar refractivity (Wildman–Crippen MR) is 33.7 cm³/mol. The van der Waals surface area contributed by atoms with Crippen LogP contribution in [0.2, 0.25) is 0 Å². The van der Waals surface area contributed by atoms with Crippen molar-refractivity contribution in [2.24, 2.45) is 0 Å². The average Bonchev–Trinajstić information content (AvgIpc) is 1.94. The fourth-order valence-corrected chi connectivity index (χ4v) is 0.751. The van der Waals surface area contributed by atoms with E-state index in [1.54, 1.807) is 0 Å². The van der Waals surface area contributed by atoms with Gasteiger partial charge >= 0.3 is 0 Å². The summed E-state index contributed by atoms with van der Waals surface area (Å²) >= 11 is 0. The van der Waals surface area contributed by atoms with Crippen LogP contribution in [0.4, 0.5) is 0 Å². The van der Waals surface area contributed by atoms with E-state index >= 15 is 0 Å². The maximum Gasteiger partial charge on any atom is 0.0889 e. The van der Waals surface area contributed by atoms with Gasteiger partial charge in [-0.25, -0.2) is 0 Å². The van der Waals surface area contributed by atoms with E-state index in [0.717, 1.165) is 19.3 Å². The van der Waals surface area contributed by atoms with Gasteiger partial charge in [0, 0.05) is 6.42 Å². The fraction of sp³-hybridized carbons (Fsp3) is 0.429. The third-order valence-corrected chi connectivity index (χ3v) is 1.22. The topological polar surface area (TPSA) is 20.2 Å². The number of aliphatic hydroxyl groups is 1. The van der Waals surface area contributed by atoms with E-state index in [4.69, 9.17) is 5.11 Å². The Morgan fingerprint density at radius 1 is 1.38 bits per heavy atom. The highest BCUT2D eigenvalue weighted by Gasteiger charge is 1.92. The molecule has 0 spiro atoms. The molecule has 0 atom stereocenters. The Bertz CT molecular complexity index is 122. The highest BCUT2D eigenvalue weighted by molar-refractivity contribution is 5.02. The zero-order valence-corrected chi connectivity index (χ0v) is 4.80.